The third-order valence-corrected chi connectivity index (χ3v) is 3.64. The van der Waals surface area contributed by atoms with Gasteiger partial charge in [-0.15, -0.1) is 11.3 Å². The molecule has 102 valence electrons. The van der Waals surface area contributed by atoms with E-state index in [1.165, 1.54) is 22.3 Å². The summed E-state index contributed by atoms with van der Waals surface area (Å²) in [5.74, 6) is -0.773. The minimum atomic E-state index is -0.980. The fourth-order valence-corrected chi connectivity index (χ4v) is 2.31. The Morgan fingerprint density at radius 2 is 2.32 bits per heavy atom. The summed E-state index contributed by atoms with van der Waals surface area (Å²) in [5, 5.41) is 11.6. The van der Waals surface area contributed by atoms with Crippen molar-refractivity contribution in [3.8, 4) is 0 Å². The number of aliphatic carboxylic acids is 1. The molecule has 1 saturated carbocycles. The molecule has 1 amide bonds. The van der Waals surface area contributed by atoms with E-state index in [0.717, 1.165) is 23.5 Å². The summed E-state index contributed by atoms with van der Waals surface area (Å²) >= 11 is 1.51. The number of thiazole rings is 1. The average Bonchev–Trinajstić information content (AvgIpc) is 3.06. The summed E-state index contributed by atoms with van der Waals surface area (Å²) in [7, 11) is 0. The minimum absolute atomic E-state index is 0.240. The van der Waals surface area contributed by atoms with Crippen LogP contribution < -0.4 is 0 Å². The van der Waals surface area contributed by atoms with Crippen molar-refractivity contribution in [2.45, 2.75) is 19.8 Å². The van der Waals surface area contributed by atoms with Crippen LogP contribution in [0.15, 0.2) is 11.5 Å². The molecule has 1 fully saturated rings. The van der Waals surface area contributed by atoms with Gasteiger partial charge in [-0.25, -0.2) is 4.98 Å². The molecule has 1 heterocycles. The van der Waals surface area contributed by atoms with Crippen LogP contribution in [0.3, 0.4) is 0 Å². The van der Waals surface area contributed by atoms with Gasteiger partial charge in [-0.3, -0.25) is 9.59 Å². The zero-order valence-corrected chi connectivity index (χ0v) is 11.5. The second-order valence-corrected chi connectivity index (χ2v) is 5.74. The molecule has 0 radical (unpaired) electrons. The van der Waals surface area contributed by atoms with Gasteiger partial charge in [-0.2, -0.15) is 0 Å². The Morgan fingerprint density at radius 3 is 2.84 bits per heavy atom. The van der Waals surface area contributed by atoms with E-state index in [1.807, 2.05) is 12.3 Å². The van der Waals surface area contributed by atoms with Crippen LogP contribution in [-0.2, 0) is 9.59 Å². The molecule has 1 aliphatic rings. The van der Waals surface area contributed by atoms with Crippen LogP contribution in [0.4, 0.5) is 0 Å². The Hall–Kier alpha value is -1.69. The van der Waals surface area contributed by atoms with Crippen LogP contribution in [0, 0.1) is 12.8 Å². The van der Waals surface area contributed by atoms with Crippen molar-refractivity contribution in [1.29, 1.82) is 0 Å². The monoisotopic (exact) mass is 280 g/mol. The number of aromatic nitrogens is 1. The predicted octanol–water partition coefficient (Wildman–Crippen LogP) is 1.79. The van der Waals surface area contributed by atoms with Gasteiger partial charge in [0.1, 0.15) is 6.54 Å². The van der Waals surface area contributed by atoms with E-state index < -0.39 is 5.97 Å². The van der Waals surface area contributed by atoms with Crippen molar-refractivity contribution in [2.24, 2.45) is 5.92 Å². The van der Waals surface area contributed by atoms with Crippen LogP contribution >= 0.6 is 11.3 Å². The zero-order valence-electron chi connectivity index (χ0n) is 10.7. The van der Waals surface area contributed by atoms with Gasteiger partial charge in [0, 0.05) is 18.0 Å². The summed E-state index contributed by atoms with van der Waals surface area (Å²) in [6, 6.07) is 0. The molecule has 0 spiro atoms. The lowest BCUT2D eigenvalue weighted by Gasteiger charge is -2.18. The summed E-state index contributed by atoms with van der Waals surface area (Å²) in [4.78, 5) is 28.3. The maximum atomic E-state index is 12.0. The highest BCUT2D eigenvalue weighted by Gasteiger charge is 2.27. The van der Waals surface area contributed by atoms with Crippen LogP contribution in [0.1, 0.15) is 23.5 Å². The number of carbonyl (C=O) groups excluding carboxylic acids is 1. The second-order valence-electron chi connectivity index (χ2n) is 4.68. The number of carbonyl (C=O) groups is 2. The summed E-state index contributed by atoms with van der Waals surface area (Å²) < 4.78 is 0. The molecule has 0 unspecified atom stereocenters. The van der Waals surface area contributed by atoms with Crippen LogP contribution in [0.2, 0.25) is 0 Å². The van der Waals surface area contributed by atoms with E-state index in [2.05, 4.69) is 4.98 Å². The van der Waals surface area contributed by atoms with E-state index in [4.69, 9.17) is 5.11 Å². The van der Waals surface area contributed by atoms with Crippen molar-refractivity contribution in [3.63, 3.8) is 0 Å². The van der Waals surface area contributed by atoms with Gasteiger partial charge in [-0.05, 0) is 31.8 Å². The number of amides is 1. The number of hydrogen-bond acceptors (Lipinski definition) is 4. The first kappa shape index (κ1) is 13.7. The van der Waals surface area contributed by atoms with Gasteiger partial charge < -0.3 is 10.0 Å². The first-order valence-electron chi connectivity index (χ1n) is 6.15. The normalized spacial score (nSPS) is 14.8. The van der Waals surface area contributed by atoms with Crippen molar-refractivity contribution in [2.75, 3.05) is 13.1 Å². The van der Waals surface area contributed by atoms with E-state index in [9.17, 15) is 9.59 Å². The van der Waals surface area contributed by atoms with E-state index >= 15 is 0 Å². The van der Waals surface area contributed by atoms with Gasteiger partial charge in [-0.1, -0.05) is 0 Å². The van der Waals surface area contributed by atoms with Gasteiger partial charge in [0.15, 0.2) is 0 Å². The molecule has 5 nitrogen and oxygen atoms in total. The van der Waals surface area contributed by atoms with E-state index in [0.29, 0.717) is 12.5 Å². The Morgan fingerprint density at radius 1 is 1.58 bits per heavy atom. The van der Waals surface area contributed by atoms with Gasteiger partial charge >= 0.3 is 5.97 Å². The summed E-state index contributed by atoms with van der Waals surface area (Å²) in [6.45, 7) is 2.19. The fourth-order valence-electron chi connectivity index (χ4n) is 1.73. The third-order valence-electron chi connectivity index (χ3n) is 2.85. The van der Waals surface area contributed by atoms with Crippen LogP contribution in [-0.4, -0.2) is 40.0 Å². The molecule has 6 heteroatoms. The lowest BCUT2D eigenvalue weighted by molar-refractivity contribution is -0.142. The van der Waals surface area contributed by atoms with Crippen molar-refractivity contribution < 1.29 is 14.7 Å². The Kier molecular flexibility index (Phi) is 4.31. The molecule has 0 saturated heterocycles. The highest BCUT2D eigenvalue weighted by molar-refractivity contribution is 7.09. The number of carboxylic acid groups (broad SMARTS) is 1. The molecule has 2 rings (SSSR count). The topological polar surface area (TPSA) is 70.5 Å². The van der Waals surface area contributed by atoms with Crippen molar-refractivity contribution in [3.05, 3.63) is 22.2 Å². The first-order chi connectivity index (χ1) is 9.04. The van der Waals surface area contributed by atoms with Gasteiger partial charge in [0.25, 0.3) is 0 Å². The van der Waals surface area contributed by atoms with Gasteiger partial charge in [0.05, 0.1) is 10.7 Å². The maximum Gasteiger partial charge on any atom is 0.323 e. The smallest absolute Gasteiger partial charge is 0.323 e. The van der Waals surface area contributed by atoms with E-state index in [1.54, 1.807) is 6.08 Å². The number of hydrogen-bond donors (Lipinski definition) is 1. The Bertz CT molecular complexity index is 506. The Labute approximate surface area is 115 Å². The highest BCUT2D eigenvalue weighted by atomic mass is 32.1. The summed E-state index contributed by atoms with van der Waals surface area (Å²) in [5.41, 5.74) is 0.734. The quantitative estimate of drug-likeness (QED) is 0.806. The number of carboxylic acids is 1. The maximum absolute atomic E-state index is 12.0. The molecule has 1 aromatic rings. The number of rotatable bonds is 6. The van der Waals surface area contributed by atoms with Gasteiger partial charge in [0.2, 0.25) is 5.91 Å². The zero-order chi connectivity index (χ0) is 13.8. The highest BCUT2D eigenvalue weighted by Crippen LogP contribution is 2.29. The second kappa shape index (κ2) is 5.97. The van der Waals surface area contributed by atoms with Crippen molar-refractivity contribution >= 4 is 29.3 Å². The molecule has 19 heavy (non-hydrogen) atoms. The molecule has 0 atom stereocenters. The number of nitrogens with zero attached hydrogens (tertiary/aromatic N) is 2. The molecule has 1 N–H and O–H groups in total. The predicted molar refractivity (Wildman–Crippen MR) is 72.8 cm³/mol. The molecule has 1 aliphatic carbocycles. The molecule has 0 aromatic carbocycles. The molecular weight excluding hydrogens is 264 g/mol. The first-order valence-corrected chi connectivity index (χ1v) is 7.03. The summed E-state index contributed by atoms with van der Waals surface area (Å²) in [6.07, 6.45) is 5.20. The minimum Gasteiger partial charge on any atom is -0.480 e. The molecule has 0 aliphatic heterocycles. The fraction of sp³-hybridized carbons (Fsp3) is 0.462. The average molecular weight is 280 g/mol. The largest absolute Gasteiger partial charge is 0.480 e. The Balaban J connectivity index is 1.97. The van der Waals surface area contributed by atoms with Crippen LogP contribution in [0.25, 0.3) is 6.08 Å². The SMILES string of the molecule is Cc1nc(/C=C/C(=O)N(CC(=O)O)CC2CC2)cs1. The molecule has 1 aromatic heterocycles. The standard InChI is InChI=1S/C13H16N2O3S/c1-9-14-11(8-19-9)4-5-12(16)15(7-13(17)18)6-10-2-3-10/h4-5,8,10H,2-3,6-7H2,1H3,(H,17,18)/b5-4+. The van der Waals surface area contributed by atoms with Crippen molar-refractivity contribution in [1.82, 2.24) is 9.88 Å². The number of aryl methyl sites for hydroxylation is 1. The lowest BCUT2D eigenvalue weighted by atomic mass is 10.3. The lowest BCUT2D eigenvalue weighted by Crippen LogP contribution is -2.36. The van der Waals surface area contributed by atoms with E-state index in [-0.39, 0.29) is 12.5 Å². The third kappa shape index (κ3) is 4.48. The van der Waals surface area contributed by atoms with Crippen LogP contribution in [0.5, 0.6) is 0 Å². The molecular formula is C13H16N2O3S. The molecule has 0 bridgehead atoms.